The number of benzene rings is 1. The van der Waals surface area contributed by atoms with E-state index >= 15 is 0 Å². The molecular formula is C8H6N2O2. The molecule has 0 saturated heterocycles. The van der Waals surface area contributed by atoms with E-state index < -0.39 is 0 Å². The van der Waals surface area contributed by atoms with E-state index in [1.165, 1.54) is 6.20 Å². The van der Waals surface area contributed by atoms with Crippen molar-refractivity contribution < 1.29 is 9.53 Å². The first kappa shape index (κ1) is 6.84. The van der Waals surface area contributed by atoms with Gasteiger partial charge in [0, 0.05) is 10.7 Å². The number of nitrogens with zero attached hydrogens (tertiary/aromatic N) is 2. The van der Waals surface area contributed by atoms with Gasteiger partial charge in [-0.3, -0.25) is 4.63 Å². The predicted molar refractivity (Wildman–Crippen MR) is 40.9 cm³/mol. The highest BCUT2D eigenvalue weighted by molar-refractivity contribution is 5.56. The number of hydrogen-bond acceptors (Lipinski definition) is 3. The fourth-order valence-electron chi connectivity index (χ4n) is 0.967. The molecule has 0 saturated carbocycles. The molecule has 1 heterocycles. The molecule has 0 fully saturated rings. The summed E-state index contributed by atoms with van der Waals surface area (Å²) in [7, 11) is 0. The van der Waals surface area contributed by atoms with Crippen molar-refractivity contribution in [3.63, 3.8) is 0 Å². The Morgan fingerprint density at radius 3 is 2.58 bits per heavy atom. The quantitative estimate of drug-likeness (QED) is 0.587. The maximum atomic E-state index is 10.6. The van der Waals surface area contributed by atoms with Crippen LogP contribution in [0.25, 0.3) is 11.3 Å². The fourth-order valence-corrected chi connectivity index (χ4v) is 0.967. The van der Waals surface area contributed by atoms with Gasteiger partial charge in [0.2, 0.25) is 5.69 Å². The third-order valence-electron chi connectivity index (χ3n) is 1.52. The van der Waals surface area contributed by atoms with Crippen LogP contribution in [0, 0.1) is 5.21 Å². The van der Waals surface area contributed by atoms with Crippen LogP contribution in [0.4, 0.5) is 0 Å². The summed E-state index contributed by atoms with van der Waals surface area (Å²) in [6.45, 7) is 0. The van der Waals surface area contributed by atoms with E-state index in [2.05, 4.69) is 9.79 Å². The van der Waals surface area contributed by atoms with E-state index in [9.17, 15) is 5.21 Å². The molecule has 4 heteroatoms. The van der Waals surface area contributed by atoms with Crippen molar-refractivity contribution in [3.05, 3.63) is 41.7 Å². The highest BCUT2D eigenvalue weighted by Gasteiger charge is 2.06. The summed E-state index contributed by atoms with van der Waals surface area (Å²) < 4.78 is 4.33. The van der Waals surface area contributed by atoms with E-state index in [1.54, 1.807) is 0 Å². The Balaban J connectivity index is 2.45. The lowest BCUT2D eigenvalue weighted by Gasteiger charge is -1.86. The van der Waals surface area contributed by atoms with Crippen LogP contribution >= 0.6 is 0 Å². The topological polar surface area (TPSA) is 53.0 Å². The summed E-state index contributed by atoms with van der Waals surface area (Å²) in [5.74, 6) is 0. The Hall–Kier alpha value is -1.84. The molecule has 0 spiro atoms. The van der Waals surface area contributed by atoms with Gasteiger partial charge in [0.05, 0.1) is 0 Å². The van der Waals surface area contributed by atoms with Gasteiger partial charge in [-0.15, -0.1) is 0 Å². The van der Waals surface area contributed by atoms with Gasteiger partial charge in [-0.25, -0.2) is 0 Å². The minimum absolute atomic E-state index is 0.322. The highest BCUT2D eigenvalue weighted by atomic mass is 16.8. The molecule has 0 N–H and O–H groups in total. The predicted octanol–water partition coefficient (Wildman–Crippen LogP) is 0.975. The molecule has 0 aliphatic heterocycles. The Kier molecular flexibility index (Phi) is 1.51. The lowest BCUT2D eigenvalue weighted by atomic mass is 10.2. The summed E-state index contributed by atoms with van der Waals surface area (Å²) in [6.07, 6.45) is 1.29. The lowest BCUT2D eigenvalue weighted by Crippen LogP contribution is -2.20. The average Bonchev–Trinajstić information content (AvgIpc) is 2.54. The maximum absolute atomic E-state index is 10.6. The minimum atomic E-state index is 0.322. The van der Waals surface area contributed by atoms with Gasteiger partial charge in [-0.1, -0.05) is 30.3 Å². The van der Waals surface area contributed by atoms with Gasteiger partial charge in [0.25, 0.3) is 0 Å². The second-order valence-corrected chi connectivity index (χ2v) is 2.34. The van der Waals surface area contributed by atoms with Gasteiger partial charge in [-0.05, 0) is 4.90 Å². The normalized spacial score (nSPS) is 10.0. The van der Waals surface area contributed by atoms with Gasteiger partial charge in [-0.2, -0.15) is 0 Å². The second kappa shape index (κ2) is 2.65. The van der Waals surface area contributed by atoms with Crippen molar-refractivity contribution in [1.82, 2.24) is 5.16 Å². The number of hydrogen-bond donors (Lipinski definition) is 0. The molecule has 0 unspecified atom stereocenters. The van der Waals surface area contributed by atoms with Crippen LogP contribution in [0.2, 0.25) is 0 Å². The van der Waals surface area contributed by atoms with Gasteiger partial charge >= 0.3 is 0 Å². The van der Waals surface area contributed by atoms with Crippen molar-refractivity contribution in [2.75, 3.05) is 0 Å². The lowest BCUT2D eigenvalue weighted by molar-refractivity contribution is -0.802. The van der Waals surface area contributed by atoms with E-state index in [4.69, 9.17) is 0 Å². The summed E-state index contributed by atoms with van der Waals surface area (Å²) in [6, 6.07) is 9.36. The molecule has 0 aliphatic carbocycles. The molecule has 4 nitrogen and oxygen atoms in total. The molecule has 2 aromatic rings. The molecular weight excluding hydrogens is 156 g/mol. The van der Waals surface area contributed by atoms with E-state index in [-0.39, 0.29) is 0 Å². The summed E-state index contributed by atoms with van der Waals surface area (Å²) >= 11 is 0. The third-order valence-corrected chi connectivity index (χ3v) is 1.52. The molecule has 0 radical (unpaired) electrons. The van der Waals surface area contributed by atoms with Crippen molar-refractivity contribution >= 4 is 0 Å². The van der Waals surface area contributed by atoms with Crippen LogP contribution in [0.3, 0.4) is 0 Å². The zero-order chi connectivity index (χ0) is 8.39. The Bertz CT molecular complexity index is 370. The van der Waals surface area contributed by atoms with Crippen LogP contribution in [-0.4, -0.2) is 5.16 Å². The molecule has 1 aromatic carbocycles. The second-order valence-electron chi connectivity index (χ2n) is 2.34. The molecule has 0 bridgehead atoms. The van der Waals surface area contributed by atoms with E-state index in [0.717, 1.165) is 5.56 Å². The molecule has 0 aliphatic rings. The molecule has 2 rings (SSSR count). The molecule has 0 atom stereocenters. The first-order valence-electron chi connectivity index (χ1n) is 3.48. The first-order chi connectivity index (χ1) is 5.86. The molecule has 60 valence electrons. The van der Waals surface area contributed by atoms with Gasteiger partial charge in [0.15, 0.2) is 6.20 Å². The smallest absolute Gasteiger partial charge is 0.248 e. The minimum Gasteiger partial charge on any atom is -0.360 e. The van der Waals surface area contributed by atoms with Gasteiger partial charge in [0.1, 0.15) is 0 Å². The van der Waals surface area contributed by atoms with E-state index in [0.29, 0.717) is 10.6 Å². The number of aromatic nitrogens is 2. The highest BCUT2D eigenvalue weighted by Crippen LogP contribution is 2.13. The van der Waals surface area contributed by atoms with Crippen LogP contribution < -0.4 is 4.90 Å². The van der Waals surface area contributed by atoms with E-state index in [1.807, 2.05) is 30.3 Å². The summed E-state index contributed by atoms with van der Waals surface area (Å²) in [5, 5.41) is 14.1. The molecule has 1 aromatic heterocycles. The van der Waals surface area contributed by atoms with Crippen molar-refractivity contribution in [2.24, 2.45) is 0 Å². The monoisotopic (exact) mass is 162 g/mol. The van der Waals surface area contributed by atoms with Crippen molar-refractivity contribution in [1.29, 1.82) is 0 Å². The third kappa shape index (κ3) is 1.14. The molecule has 12 heavy (non-hydrogen) atoms. The average molecular weight is 162 g/mol. The largest absolute Gasteiger partial charge is 0.360 e. The van der Waals surface area contributed by atoms with Crippen LogP contribution in [0.5, 0.6) is 0 Å². The van der Waals surface area contributed by atoms with Crippen LogP contribution in [0.15, 0.2) is 41.2 Å². The van der Waals surface area contributed by atoms with Crippen molar-refractivity contribution in [3.8, 4) is 11.3 Å². The number of rotatable bonds is 1. The van der Waals surface area contributed by atoms with Crippen LogP contribution in [-0.2, 0) is 0 Å². The summed E-state index contributed by atoms with van der Waals surface area (Å²) in [5.41, 5.74) is 1.42. The Morgan fingerprint density at radius 2 is 2.00 bits per heavy atom. The molecule has 0 amide bonds. The zero-order valence-corrected chi connectivity index (χ0v) is 6.18. The zero-order valence-electron chi connectivity index (χ0n) is 6.18. The van der Waals surface area contributed by atoms with Crippen molar-refractivity contribution in [2.45, 2.75) is 0 Å². The summed E-state index contributed by atoms with van der Waals surface area (Å²) in [4.78, 5) is 0.322. The fraction of sp³-hybridized carbons (Fsp3) is 0. The SMILES string of the molecule is [O-][n+]1cc(-c2ccccc2)no1. The Labute approximate surface area is 68.6 Å². The Morgan fingerprint density at radius 1 is 1.25 bits per heavy atom. The maximum Gasteiger partial charge on any atom is 0.248 e. The van der Waals surface area contributed by atoms with Gasteiger partial charge < -0.3 is 5.21 Å². The van der Waals surface area contributed by atoms with Crippen LogP contribution in [0.1, 0.15) is 0 Å². The standard InChI is InChI=1S/C8H6N2O2/c11-10-6-8(9-12-10)7-4-2-1-3-5-7/h1-6H. The first-order valence-corrected chi connectivity index (χ1v) is 3.48.